The Kier molecular flexibility index (Phi) is 16.3. The Labute approximate surface area is 153 Å². The van der Waals surface area contributed by atoms with Crippen LogP contribution in [0, 0.1) is 0 Å². The van der Waals surface area contributed by atoms with Crippen LogP contribution in [0.4, 0.5) is 0 Å². The number of hydrogen-bond donors (Lipinski definition) is 1. The van der Waals surface area contributed by atoms with Crippen molar-refractivity contribution in [3.8, 4) is 0 Å². The fourth-order valence-corrected chi connectivity index (χ4v) is 4.11. The SMILES string of the molecule is CCCCCCCCCCCCCCCCNC1CCCCCC1. The Morgan fingerprint density at radius 3 is 1.42 bits per heavy atom. The van der Waals surface area contributed by atoms with E-state index in [1.165, 1.54) is 135 Å². The van der Waals surface area contributed by atoms with Crippen molar-refractivity contribution in [3.63, 3.8) is 0 Å². The van der Waals surface area contributed by atoms with Gasteiger partial charge in [0.2, 0.25) is 0 Å². The Hall–Kier alpha value is -0.0400. The van der Waals surface area contributed by atoms with Crippen molar-refractivity contribution in [1.29, 1.82) is 0 Å². The van der Waals surface area contributed by atoms with Gasteiger partial charge in [0.1, 0.15) is 0 Å². The first kappa shape index (κ1) is 22.0. The van der Waals surface area contributed by atoms with Crippen LogP contribution >= 0.6 is 0 Å². The van der Waals surface area contributed by atoms with Gasteiger partial charge in [-0.25, -0.2) is 0 Å². The largest absolute Gasteiger partial charge is 0.314 e. The summed E-state index contributed by atoms with van der Waals surface area (Å²) in [5, 5.41) is 3.80. The fourth-order valence-electron chi connectivity index (χ4n) is 4.11. The lowest BCUT2D eigenvalue weighted by Crippen LogP contribution is -2.29. The molecule has 0 aromatic heterocycles. The highest BCUT2D eigenvalue weighted by atomic mass is 14.9. The molecule has 1 aliphatic rings. The smallest absolute Gasteiger partial charge is 0.00670 e. The molecule has 0 heterocycles. The van der Waals surface area contributed by atoms with Crippen molar-refractivity contribution in [1.82, 2.24) is 5.32 Å². The minimum atomic E-state index is 0.842. The molecule has 0 aliphatic heterocycles. The van der Waals surface area contributed by atoms with Crippen molar-refractivity contribution in [3.05, 3.63) is 0 Å². The van der Waals surface area contributed by atoms with Gasteiger partial charge in [0.05, 0.1) is 0 Å². The standard InChI is InChI=1S/C23H47N/c1-2-3-4-5-6-7-8-9-10-11-12-13-16-19-22-24-23-20-17-14-15-18-21-23/h23-24H,2-22H2,1H3. The number of nitrogens with one attached hydrogen (secondary N) is 1. The Balaban J connectivity index is 1.70. The summed E-state index contributed by atoms with van der Waals surface area (Å²) in [5.41, 5.74) is 0. The highest BCUT2D eigenvalue weighted by Crippen LogP contribution is 2.17. The zero-order valence-electron chi connectivity index (χ0n) is 16.9. The highest BCUT2D eigenvalue weighted by molar-refractivity contribution is 4.70. The molecule has 0 unspecified atom stereocenters. The topological polar surface area (TPSA) is 12.0 Å². The molecule has 1 N–H and O–H groups in total. The minimum Gasteiger partial charge on any atom is -0.314 e. The lowest BCUT2D eigenvalue weighted by atomic mass is 10.0. The minimum absolute atomic E-state index is 0.842. The first-order valence-corrected chi connectivity index (χ1v) is 11.7. The van der Waals surface area contributed by atoms with Crippen LogP contribution in [0.5, 0.6) is 0 Å². The average molecular weight is 338 g/mol. The Morgan fingerprint density at radius 1 is 0.542 bits per heavy atom. The van der Waals surface area contributed by atoms with E-state index in [0.29, 0.717) is 0 Å². The second kappa shape index (κ2) is 17.8. The van der Waals surface area contributed by atoms with Gasteiger partial charge in [-0.15, -0.1) is 0 Å². The molecular formula is C23H47N. The van der Waals surface area contributed by atoms with Crippen molar-refractivity contribution in [2.75, 3.05) is 6.54 Å². The van der Waals surface area contributed by atoms with Gasteiger partial charge in [-0.05, 0) is 25.8 Å². The highest BCUT2D eigenvalue weighted by Gasteiger charge is 2.10. The molecule has 1 aliphatic carbocycles. The van der Waals surface area contributed by atoms with E-state index in [0.717, 1.165) is 6.04 Å². The van der Waals surface area contributed by atoms with Gasteiger partial charge in [0.25, 0.3) is 0 Å². The zero-order chi connectivity index (χ0) is 17.1. The van der Waals surface area contributed by atoms with Crippen molar-refractivity contribution < 1.29 is 0 Å². The maximum Gasteiger partial charge on any atom is 0.00670 e. The zero-order valence-corrected chi connectivity index (χ0v) is 16.9. The van der Waals surface area contributed by atoms with Crippen LogP contribution in [0.2, 0.25) is 0 Å². The van der Waals surface area contributed by atoms with Gasteiger partial charge in [-0.1, -0.05) is 116 Å². The predicted octanol–water partition coefficient (Wildman–Crippen LogP) is 7.78. The lowest BCUT2D eigenvalue weighted by molar-refractivity contribution is 0.446. The molecule has 144 valence electrons. The normalized spacial score (nSPS) is 16.4. The maximum atomic E-state index is 3.80. The summed E-state index contributed by atoms with van der Waals surface area (Å²) in [7, 11) is 0. The number of rotatable bonds is 16. The summed E-state index contributed by atoms with van der Waals surface area (Å²) in [6, 6.07) is 0.842. The maximum absolute atomic E-state index is 3.80. The van der Waals surface area contributed by atoms with E-state index in [2.05, 4.69) is 12.2 Å². The van der Waals surface area contributed by atoms with Crippen molar-refractivity contribution in [2.24, 2.45) is 0 Å². The first-order chi connectivity index (χ1) is 11.9. The van der Waals surface area contributed by atoms with Gasteiger partial charge in [0, 0.05) is 6.04 Å². The molecule has 1 fully saturated rings. The predicted molar refractivity (Wildman–Crippen MR) is 110 cm³/mol. The summed E-state index contributed by atoms with van der Waals surface area (Å²) >= 11 is 0. The second-order valence-corrected chi connectivity index (χ2v) is 8.24. The monoisotopic (exact) mass is 337 g/mol. The van der Waals surface area contributed by atoms with E-state index in [1.54, 1.807) is 0 Å². The molecule has 0 aromatic rings. The summed E-state index contributed by atoms with van der Waals surface area (Å²) in [6.07, 6.45) is 29.1. The van der Waals surface area contributed by atoms with E-state index in [1.807, 2.05) is 0 Å². The van der Waals surface area contributed by atoms with Gasteiger partial charge in [-0.2, -0.15) is 0 Å². The van der Waals surface area contributed by atoms with Crippen molar-refractivity contribution in [2.45, 2.75) is 141 Å². The van der Waals surface area contributed by atoms with Crippen LogP contribution in [0.1, 0.15) is 135 Å². The molecule has 0 saturated heterocycles. The summed E-state index contributed by atoms with van der Waals surface area (Å²) in [6.45, 7) is 3.57. The summed E-state index contributed by atoms with van der Waals surface area (Å²) < 4.78 is 0. The van der Waals surface area contributed by atoms with Gasteiger partial charge >= 0.3 is 0 Å². The average Bonchev–Trinajstić information content (AvgIpc) is 2.87. The molecule has 0 amide bonds. The molecule has 0 bridgehead atoms. The third-order valence-corrected chi connectivity index (χ3v) is 5.82. The van der Waals surface area contributed by atoms with Crippen LogP contribution in [-0.4, -0.2) is 12.6 Å². The van der Waals surface area contributed by atoms with Gasteiger partial charge in [-0.3, -0.25) is 0 Å². The molecule has 0 aromatic carbocycles. The first-order valence-electron chi connectivity index (χ1n) is 11.7. The third kappa shape index (κ3) is 14.3. The molecule has 0 atom stereocenters. The van der Waals surface area contributed by atoms with E-state index in [4.69, 9.17) is 0 Å². The molecule has 24 heavy (non-hydrogen) atoms. The summed E-state index contributed by atoms with van der Waals surface area (Å²) in [5.74, 6) is 0. The fraction of sp³-hybridized carbons (Fsp3) is 1.00. The van der Waals surface area contributed by atoms with Crippen LogP contribution < -0.4 is 5.32 Å². The van der Waals surface area contributed by atoms with E-state index >= 15 is 0 Å². The summed E-state index contributed by atoms with van der Waals surface area (Å²) in [4.78, 5) is 0. The van der Waals surface area contributed by atoms with Crippen LogP contribution in [0.25, 0.3) is 0 Å². The van der Waals surface area contributed by atoms with Crippen LogP contribution in [0.15, 0.2) is 0 Å². The van der Waals surface area contributed by atoms with Crippen molar-refractivity contribution >= 4 is 0 Å². The molecule has 1 nitrogen and oxygen atoms in total. The van der Waals surface area contributed by atoms with E-state index in [9.17, 15) is 0 Å². The molecule has 1 heteroatoms. The molecule has 0 spiro atoms. The Bertz CT molecular complexity index is 230. The Morgan fingerprint density at radius 2 is 0.958 bits per heavy atom. The van der Waals surface area contributed by atoms with Crippen LogP contribution in [0.3, 0.4) is 0 Å². The third-order valence-electron chi connectivity index (χ3n) is 5.82. The van der Waals surface area contributed by atoms with E-state index in [-0.39, 0.29) is 0 Å². The molecular weight excluding hydrogens is 290 g/mol. The number of hydrogen-bond acceptors (Lipinski definition) is 1. The van der Waals surface area contributed by atoms with Gasteiger partial charge in [0.15, 0.2) is 0 Å². The van der Waals surface area contributed by atoms with Crippen LogP contribution in [-0.2, 0) is 0 Å². The number of unbranched alkanes of at least 4 members (excludes halogenated alkanes) is 13. The second-order valence-electron chi connectivity index (χ2n) is 8.24. The quantitative estimate of drug-likeness (QED) is 0.224. The lowest BCUT2D eigenvalue weighted by Gasteiger charge is -2.15. The van der Waals surface area contributed by atoms with Gasteiger partial charge < -0.3 is 5.32 Å². The van der Waals surface area contributed by atoms with E-state index < -0.39 is 0 Å². The molecule has 0 radical (unpaired) electrons. The molecule has 1 rings (SSSR count). The molecule has 1 saturated carbocycles.